The normalized spacial score (nSPS) is 18.4. The Labute approximate surface area is 326 Å². The maximum atomic E-state index is 14.1. The number of ether oxygens (including phenoxy) is 1. The van der Waals surface area contributed by atoms with Crippen molar-refractivity contribution in [1.82, 2.24) is 24.9 Å². The fraction of sp³-hybridized carbons (Fsp3) is 0.862. The van der Waals surface area contributed by atoms with Gasteiger partial charge >= 0.3 is 65.5 Å². The third-order valence-electron chi connectivity index (χ3n) is 8.59. The van der Waals surface area contributed by atoms with Crippen LogP contribution in [0.5, 0.6) is 0 Å². The van der Waals surface area contributed by atoms with Gasteiger partial charge in [0, 0.05) is 71.9 Å². The molecule has 0 saturated carbocycles. The molecule has 1 rings (SSSR count). The van der Waals surface area contributed by atoms with E-state index in [0.29, 0.717) is 0 Å². The number of aliphatic hydroxyl groups excluding tert-OH is 1. The van der Waals surface area contributed by atoms with E-state index in [1.807, 2.05) is 5.32 Å². The lowest BCUT2D eigenvalue weighted by Gasteiger charge is -2.42. The molecule has 1 unspecified atom stereocenters. The molecule has 0 aromatic carbocycles. The van der Waals surface area contributed by atoms with Gasteiger partial charge in [-0.25, -0.2) is 0 Å². The van der Waals surface area contributed by atoms with Gasteiger partial charge in [0.25, 0.3) is 0 Å². The van der Waals surface area contributed by atoms with Gasteiger partial charge in [-0.2, -0.15) is 74.6 Å². The first-order chi connectivity index (χ1) is 27.0. The number of aliphatic hydroxyl groups is 1. The molecule has 0 aliphatic carbocycles. The summed E-state index contributed by atoms with van der Waals surface area (Å²) in [5, 5.41) is 40.2. The van der Waals surface area contributed by atoms with E-state index in [4.69, 9.17) is 0 Å². The second-order valence-electron chi connectivity index (χ2n) is 13.2. The first-order valence-electron chi connectivity index (χ1n) is 16.8. The van der Waals surface area contributed by atoms with E-state index in [0.717, 1.165) is 0 Å². The molecule has 5 N–H and O–H groups in total. The predicted octanol–water partition coefficient (Wildman–Crippen LogP) is 2.36. The summed E-state index contributed by atoms with van der Waals surface area (Å²) in [5.41, 5.74) is 0. The van der Waals surface area contributed by atoms with E-state index in [1.54, 1.807) is 0 Å². The monoisotopic (exact) mass is 923 g/mol. The van der Waals surface area contributed by atoms with Crippen LogP contribution in [0, 0.1) is 0 Å². The van der Waals surface area contributed by atoms with Gasteiger partial charge in [-0.05, 0) is 0 Å². The summed E-state index contributed by atoms with van der Waals surface area (Å²) >= 11 is 0. The quantitative estimate of drug-likeness (QED) is 0.0837. The summed E-state index contributed by atoms with van der Waals surface area (Å²) in [6.07, 6.45) is -12.3. The zero-order valence-electron chi connectivity index (χ0n) is 30.4. The van der Waals surface area contributed by atoms with Crippen LogP contribution in [0.2, 0.25) is 0 Å². The Morgan fingerprint density at radius 3 is 1.17 bits per heavy atom. The molecule has 0 aromatic heterocycles. The van der Waals surface area contributed by atoms with Crippen molar-refractivity contribution in [2.75, 3.05) is 98.3 Å². The molecular formula is C29H38F17N5O9. The molecule has 1 fully saturated rings. The van der Waals surface area contributed by atoms with Gasteiger partial charge in [-0.1, -0.05) is 0 Å². The van der Waals surface area contributed by atoms with Crippen LogP contribution >= 0.6 is 0 Å². The SMILES string of the molecule is O=C(O)CN1CCN(CC(=O)O)CCN(CC(O)CNC(=O)COCCC(F)(F)C(F)(F)C(F)(F)C(F)(F)C(F)(F)C(F)(F)C(F)(F)C(F)(F)F)CCN(CC(=O)O)CC1. The Morgan fingerprint density at radius 2 is 0.833 bits per heavy atom. The number of hydrogen-bond acceptors (Lipinski definition) is 10. The van der Waals surface area contributed by atoms with Crippen LogP contribution < -0.4 is 5.32 Å². The van der Waals surface area contributed by atoms with E-state index in [2.05, 4.69) is 4.74 Å². The third kappa shape index (κ3) is 13.2. The van der Waals surface area contributed by atoms with E-state index in [-0.39, 0.29) is 58.9 Å². The molecule has 352 valence electrons. The van der Waals surface area contributed by atoms with Gasteiger partial charge in [0.1, 0.15) is 6.61 Å². The van der Waals surface area contributed by atoms with Crippen molar-refractivity contribution in [2.24, 2.45) is 0 Å². The minimum absolute atomic E-state index is 0.00474. The van der Waals surface area contributed by atoms with Crippen molar-refractivity contribution < 1.29 is 119 Å². The second kappa shape index (κ2) is 20.5. The molecule has 1 amide bonds. The minimum atomic E-state index is -8.76. The third-order valence-corrected chi connectivity index (χ3v) is 8.59. The molecule has 14 nitrogen and oxygen atoms in total. The Kier molecular flexibility index (Phi) is 18.7. The Balaban J connectivity index is 2.94. The fourth-order valence-corrected chi connectivity index (χ4v) is 5.17. The van der Waals surface area contributed by atoms with Crippen LogP contribution in [0.25, 0.3) is 0 Å². The van der Waals surface area contributed by atoms with Crippen LogP contribution in [0.4, 0.5) is 74.6 Å². The maximum absolute atomic E-state index is 14.1. The minimum Gasteiger partial charge on any atom is -0.480 e. The van der Waals surface area contributed by atoms with Gasteiger partial charge in [0.2, 0.25) is 5.91 Å². The second-order valence-corrected chi connectivity index (χ2v) is 13.2. The van der Waals surface area contributed by atoms with Crippen molar-refractivity contribution in [3.63, 3.8) is 0 Å². The van der Waals surface area contributed by atoms with Crippen molar-refractivity contribution in [1.29, 1.82) is 0 Å². The summed E-state index contributed by atoms with van der Waals surface area (Å²) in [7, 11) is 0. The highest BCUT2D eigenvalue weighted by Gasteiger charge is 2.95. The Hall–Kier alpha value is -3.55. The number of amides is 1. The molecule has 1 saturated heterocycles. The number of carboxylic acid groups (broad SMARTS) is 3. The van der Waals surface area contributed by atoms with Gasteiger partial charge in [0.15, 0.2) is 0 Å². The van der Waals surface area contributed by atoms with Gasteiger partial charge in [-0.15, -0.1) is 0 Å². The number of hydrogen-bond donors (Lipinski definition) is 5. The molecule has 1 atom stereocenters. The van der Waals surface area contributed by atoms with Gasteiger partial charge in [0.05, 0.1) is 32.3 Å². The largest absolute Gasteiger partial charge is 0.480 e. The van der Waals surface area contributed by atoms with Crippen LogP contribution in [0.15, 0.2) is 0 Å². The molecule has 60 heavy (non-hydrogen) atoms. The summed E-state index contributed by atoms with van der Waals surface area (Å²) in [6.45, 7) is -5.84. The van der Waals surface area contributed by atoms with Crippen molar-refractivity contribution >= 4 is 23.8 Å². The molecule has 1 heterocycles. The number of rotatable bonds is 21. The molecule has 0 bridgehead atoms. The van der Waals surface area contributed by atoms with Crippen molar-refractivity contribution in [3.05, 3.63) is 0 Å². The van der Waals surface area contributed by atoms with Crippen LogP contribution in [0.1, 0.15) is 6.42 Å². The number of carbonyl (C=O) groups is 4. The zero-order chi connectivity index (χ0) is 46.9. The summed E-state index contributed by atoms with van der Waals surface area (Å²) < 4.78 is 233. The van der Waals surface area contributed by atoms with Crippen molar-refractivity contribution in [2.45, 2.75) is 60.2 Å². The summed E-state index contributed by atoms with van der Waals surface area (Å²) in [4.78, 5) is 51.9. The summed E-state index contributed by atoms with van der Waals surface area (Å²) in [5.74, 6) is -62.6. The number of alkyl halides is 17. The molecule has 0 spiro atoms. The number of carbonyl (C=O) groups excluding carboxylic acids is 1. The van der Waals surface area contributed by atoms with Crippen molar-refractivity contribution in [3.8, 4) is 0 Å². The van der Waals surface area contributed by atoms with E-state index in [1.165, 1.54) is 19.6 Å². The van der Waals surface area contributed by atoms with Gasteiger partial charge < -0.3 is 30.5 Å². The lowest BCUT2D eigenvalue weighted by Crippen LogP contribution is -2.74. The Bertz CT molecular complexity index is 1430. The van der Waals surface area contributed by atoms with E-state index >= 15 is 0 Å². The number of nitrogens with one attached hydrogen (secondary N) is 1. The Morgan fingerprint density at radius 1 is 0.517 bits per heavy atom. The average molecular weight is 924 g/mol. The average Bonchev–Trinajstić information content (AvgIpc) is 3.08. The van der Waals surface area contributed by atoms with Gasteiger partial charge in [-0.3, -0.25) is 38.8 Å². The molecule has 1 aliphatic heterocycles. The summed E-state index contributed by atoms with van der Waals surface area (Å²) in [6, 6.07) is 0. The number of aliphatic carboxylic acids is 3. The van der Waals surface area contributed by atoms with Crippen LogP contribution in [-0.4, -0.2) is 216 Å². The highest BCUT2D eigenvalue weighted by molar-refractivity contribution is 5.77. The lowest BCUT2D eigenvalue weighted by atomic mass is 9.88. The molecule has 0 radical (unpaired) electrons. The molecule has 0 aromatic rings. The number of β-amino-alcohol motifs (C(OH)–C–C–N with tert-alkyl or cyclic N) is 1. The smallest absolute Gasteiger partial charge is 0.460 e. The van der Waals surface area contributed by atoms with Crippen LogP contribution in [0.3, 0.4) is 0 Å². The number of halogens is 17. The standard InChI is InChI=1S/C29H38F17N5O9/c30-22(31,23(32,33)24(34,35)25(36,37)26(38,39)27(40,41)28(42,43)29(44,45)46)1-10-60-16-18(53)47-11-17(52)12-48-2-4-49(13-19(54)55)6-8-51(15-21(58)59)9-7-50(5-3-48)14-20(56)57/h17,52H,1-16H2,(H,47,53)(H,54,55)(H,56,57)(H,58,59). The molecule has 31 heteroatoms. The zero-order valence-corrected chi connectivity index (χ0v) is 30.4. The first kappa shape index (κ1) is 54.5. The highest BCUT2D eigenvalue weighted by Crippen LogP contribution is 2.64. The predicted molar refractivity (Wildman–Crippen MR) is 164 cm³/mol. The number of carboxylic acids is 3. The maximum Gasteiger partial charge on any atom is 0.460 e. The van der Waals surface area contributed by atoms with E-state index < -0.39 is 123 Å². The van der Waals surface area contributed by atoms with E-state index in [9.17, 15) is 114 Å². The molecular weight excluding hydrogens is 885 g/mol. The van der Waals surface area contributed by atoms with Crippen LogP contribution in [-0.2, 0) is 23.9 Å². The fourth-order valence-electron chi connectivity index (χ4n) is 5.17. The number of nitrogens with zero attached hydrogens (tertiary/aromatic N) is 4. The lowest BCUT2D eigenvalue weighted by molar-refractivity contribution is -0.462. The first-order valence-corrected chi connectivity index (χ1v) is 16.8. The highest BCUT2D eigenvalue weighted by atomic mass is 19.4. The topological polar surface area (TPSA) is 183 Å². The molecule has 1 aliphatic rings.